The maximum absolute atomic E-state index is 12.0. The van der Waals surface area contributed by atoms with Crippen molar-refractivity contribution in [2.75, 3.05) is 19.6 Å². The van der Waals surface area contributed by atoms with Gasteiger partial charge in [-0.25, -0.2) is 0 Å². The van der Waals surface area contributed by atoms with Crippen LogP contribution in [0.1, 0.15) is 44.6 Å². The highest BCUT2D eigenvalue weighted by Crippen LogP contribution is 2.18. The summed E-state index contributed by atoms with van der Waals surface area (Å²) < 4.78 is 0. The number of nitrogens with zero attached hydrogens (tertiary/aromatic N) is 1. The van der Waals surface area contributed by atoms with Crippen LogP contribution in [0, 0.1) is 0 Å². The minimum atomic E-state index is 0.184. The second kappa shape index (κ2) is 8.83. The van der Waals surface area contributed by atoms with Crippen LogP contribution < -0.4 is 5.32 Å². The van der Waals surface area contributed by atoms with Crippen molar-refractivity contribution in [1.82, 2.24) is 10.2 Å². The number of amides is 1. The number of benzene rings is 1. The van der Waals surface area contributed by atoms with Gasteiger partial charge in [-0.15, -0.1) is 0 Å². The first-order valence-corrected chi connectivity index (χ1v) is 8.34. The van der Waals surface area contributed by atoms with E-state index in [1.807, 2.05) is 6.07 Å². The topological polar surface area (TPSA) is 32.3 Å². The molecule has 1 aromatic carbocycles. The highest BCUT2D eigenvalue weighted by atomic mass is 16.2. The SMILES string of the molecule is CCC1CCCCN1CC(=O)NCCCc1ccccc1. The lowest BCUT2D eigenvalue weighted by Gasteiger charge is -2.34. The molecule has 1 unspecified atom stereocenters. The number of carbonyl (C=O) groups is 1. The van der Waals surface area contributed by atoms with Crippen LogP contribution in [0.4, 0.5) is 0 Å². The molecule has 1 fully saturated rings. The lowest BCUT2D eigenvalue weighted by atomic mass is 10.00. The number of carbonyl (C=O) groups excluding carboxylic acids is 1. The van der Waals surface area contributed by atoms with Gasteiger partial charge in [0.15, 0.2) is 0 Å². The lowest BCUT2D eigenvalue weighted by Crippen LogP contribution is -2.45. The molecule has 1 N–H and O–H groups in total. The Bertz CT molecular complexity index is 418. The maximum atomic E-state index is 12.0. The fraction of sp³-hybridized carbons (Fsp3) is 0.611. The Morgan fingerprint density at radius 3 is 2.86 bits per heavy atom. The van der Waals surface area contributed by atoms with Crippen molar-refractivity contribution in [2.24, 2.45) is 0 Å². The average molecular weight is 288 g/mol. The molecule has 1 atom stereocenters. The van der Waals surface area contributed by atoms with Crippen molar-refractivity contribution in [3.63, 3.8) is 0 Å². The third kappa shape index (κ3) is 5.50. The summed E-state index contributed by atoms with van der Waals surface area (Å²) in [5.74, 6) is 0.184. The highest BCUT2D eigenvalue weighted by Gasteiger charge is 2.22. The number of rotatable bonds is 7. The molecular weight excluding hydrogens is 260 g/mol. The average Bonchev–Trinajstić information content (AvgIpc) is 2.53. The molecule has 0 aromatic heterocycles. The summed E-state index contributed by atoms with van der Waals surface area (Å²) >= 11 is 0. The molecule has 0 bridgehead atoms. The maximum Gasteiger partial charge on any atom is 0.234 e. The van der Waals surface area contributed by atoms with Crippen molar-refractivity contribution in [2.45, 2.75) is 51.5 Å². The molecule has 3 heteroatoms. The van der Waals surface area contributed by atoms with Crippen LogP contribution in [-0.4, -0.2) is 36.5 Å². The van der Waals surface area contributed by atoms with Crippen LogP contribution in [0.3, 0.4) is 0 Å². The molecule has 0 aliphatic carbocycles. The molecule has 2 rings (SSSR count). The molecule has 1 amide bonds. The van der Waals surface area contributed by atoms with E-state index in [2.05, 4.69) is 41.4 Å². The van der Waals surface area contributed by atoms with E-state index in [-0.39, 0.29) is 5.91 Å². The Morgan fingerprint density at radius 1 is 1.29 bits per heavy atom. The summed E-state index contributed by atoms with van der Waals surface area (Å²) in [6.45, 7) is 4.65. The van der Waals surface area contributed by atoms with Gasteiger partial charge in [0.2, 0.25) is 5.91 Å². The first-order chi connectivity index (χ1) is 10.3. The molecule has 0 saturated carbocycles. The van der Waals surface area contributed by atoms with Crippen LogP contribution in [0.2, 0.25) is 0 Å². The molecule has 1 aromatic rings. The summed E-state index contributed by atoms with van der Waals surface area (Å²) in [4.78, 5) is 14.4. The van der Waals surface area contributed by atoms with Gasteiger partial charge in [0, 0.05) is 12.6 Å². The summed E-state index contributed by atoms with van der Waals surface area (Å²) in [6, 6.07) is 11.1. The number of aryl methyl sites for hydroxylation is 1. The van der Waals surface area contributed by atoms with E-state index in [1.54, 1.807) is 0 Å². The largest absolute Gasteiger partial charge is 0.355 e. The number of nitrogens with one attached hydrogen (secondary N) is 1. The summed E-state index contributed by atoms with van der Waals surface area (Å²) in [6.07, 6.45) is 6.99. The monoisotopic (exact) mass is 288 g/mol. The van der Waals surface area contributed by atoms with Crippen molar-refractivity contribution in [3.05, 3.63) is 35.9 Å². The Morgan fingerprint density at radius 2 is 2.10 bits per heavy atom. The molecule has 0 spiro atoms. The van der Waals surface area contributed by atoms with Crippen LogP contribution in [-0.2, 0) is 11.2 Å². The Balaban J connectivity index is 1.63. The van der Waals surface area contributed by atoms with E-state index in [9.17, 15) is 4.79 Å². The normalized spacial score (nSPS) is 19.4. The van der Waals surface area contributed by atoms with E-state index < -0.39 is 0 Å². The minimum absolute atomic E-state index is 0.184. The molecule has 1 aliphatic rings. The van der Waals surface area contributed by atoms with Gasteiger partial charge in [-0.3, -0.25) is 9.69 Å². The number of hydrogen-bond donors (Lipinski definition) is 1. The Labute approximate surface area is 128 Å². The van der Waals surface area contributed by atoms with Crippen molar-refractivity contribution < 1.29 is 4.79 Å². The van der Waals surface area contributed by atoms with E-state index in [1.165, 1.54) is 24.8 Å². The Kier molecular flexibility index (Phi) is 6.74. The molecule has 116 valence electrons. The molecule has 0 radical (unpaired) electrons. The second-order valence-electron chi connectivity index (χ2n) is 5.97. The second-order valence-corrected chi connectivity index (χ2v) is 5.97. The number of likely N-dealkylation sites (tertiary alicyclic amines) is 1. The lowest BCUT2D eigenvalue weighted by molar-refractivity contribution is -0.123. The van der Waals surface area contributed by atoms with Gasteiger partial charge in [0.25, 0.3) is 0 Å². The third-order valence-corrected chi connectivity index (χ3v) is 4.37. The van der Waals surface area contributed by atoms with Crippen LogP contribution in [0.25, 0.3) is 0 Å². The predicted octanol–water partition coefficient (Wildman–Crippen LogP) is 3.00. The molecule has 1 heterocycles. The van der Waals surface area contributed by atoms with Crippen LogP contribution in [0.15, 0.2) is 30.3 Å². The van der Waals surface area contributed by atoms with Crippen LogP contribution >= 0.6 is 0 Å². The van der Waals surface area contributed by atoms with Gasteiger partial charge in [-0.05, 0) is 44.2 Å². The number of piperidine rings is 1. The van der Waals surface area contributed by atoms with E-state index >= 15 is 0 Å². The highest BCUT2D eigenvalue weighted by molar-refractivity contribution is 5.78. The van der Waals surface area contributed by atoms with Crippen LogP contribution in [0.5, 0.6) is 0 Å². The Hall–Kier alpha value is -1.35. The molecular formula is C18H28N2O. The fourth-order valence-electron chi connectivity index (χ4n) is 3.14. The van der Waals surface area contributed by atoms with E-state index in [0.717, 1.165) is 32.4 Å². The first kappa shape index (κ1) is 16.0. The van der Waals surface area contributed by atoms with E-state index in [4.69, 9.17) is 0 Å². The standard InChI is InChI=1S/C18H28N2O/c1-2-17-12-6-7-14-20(17)15-18(21)19-13-8-11-16-9-4-3-5-10-16/h3-5,9-10,17H,2,6-8,11-15H2,1H3,(H,19,21). The van der Waals surface area contributed by atoms with Gasteiger partial charge >= 0.3 is 0 Å². The van der Waals surface area contributed by atoms with Gasteiger partial charge in [-0.2, -0.15) is 0 Å². The molecule has 1 saturated heterocycles. The van der Waals surface area contributed by atoms with Gasteiger partial charge < -0.3 is 5.32 Å². The van der Waals surface area contributed by atoms with Gasteiger partial charge in [-0.1, -0.05) is 43.7 Å². The zero-order valence-corrected chi connectivity index (χ0v) is 13.2. The zero-order valence-electron chi connectivity index (χ0n) is 13.2. The quantitative estimate of drug-likeness (QED) is 0.782. The molecule has 21 heavy (non-hydrogen) atoms. The summed E-state index contributed by atoms with van der Waals surface area (Å²) in [5, 5.41) is 3.06. The molecule has 3 nitrogen and oxygen atoms in total. The number of hydrogen-bond acceptors (Lipinski definition) is 2. The van der Waals surface area contributed by atoms with Gasteiger partial charge in [0.1, 0.15) is 0 Å². The summed E-state index contributed by atoms with van der Waals surface area (Å²) in [5.41, 5.74) is 1.34. The zero-order chi connectivity index (χ0) is 14.9. The molecule has 1 aliphatic heterocycles. The van der Waals surface area contributed by atoms with E-state index in [0.29, 0.717) is 12.6 Å². The fourth-order valence-corrected chi connectivity index (χ4v) is 3.14. The van der Waals surface area contributed by atoms with Gasteiger partial charge in [0.05, 0.1) is 6.54 Å². The van der Waals surface area contributed by atoms with Crippen molar-refractivity contribution in [3.8, 4) is 0 Å². The van der Waals surface area contributed by atoms with Crippen molar-refractivity contribution in [1.29, 1.82) is 0 Å². The summed E-state index contributed by atoms with van der Waals surface area (Å²) in [7, 11) is 0. The predicted molar refractivity (Wildman–Crippen MR) is 87.3 cm³/mol. The van der Waals surface area contributed by atoms with Crippen molar-refractivity contribution >= 4 is 5.91 Å². The third-order valence-electron chi connectivity index (χ3n) is 4.37. The first-order valence-electron chi connectivity index (χ1n) is 8.34. The smallest absolute Gasteiger partial charge is 0.234 e. The minimum Gasteiger partial charge on any atom is -0.355 e.